The number of pyridine rings is 1. The molecule has 0 spiro atoms. The molecule has 98 valence electrons. The van der Waals surface area contributed by atoms with E-state index in [1.165, 1.54) is 24.9 Å². The van der Waals surface area contributed by atoms with Crippen molar-refractivity contribution in [1.82, 2.24) is 10.3 Å². The van der Waals surface area contributed by atoms with E-state index in [2.05, 4.69) is 16.6 Å². The van der Waals surface area contributed by atoms with Crippen molar-refractivity contribution in [3.8, 4) is 0 Å². The van der Waals surface area contributed by atoms with Crippen molar-refractivity contribution >= 4 is 17.7 Å². The van der Waals surface area contributed by atoms with Gasteiger partial charge in [0.25, 0.3) is 5.91 Å². The van der Waals surface area contributed by atoms with Crippen LogP contribution in [0.15, 0.2) is 23.3 Å². The summed E-state index contributed by atoms with van der Waals surface area (Å²) in [7, 11) is 0. The Bertz CT molecular complexity index is 472. The molecule has 0 saturated heterocycles. The van der Waals surface area contributed by atoms with E-state index in [0.29, 0.717) is 5.25 Å². The Balaban J connectivity index is 2.07. The first kappa shape index (κ1) is 13.2. The maximum atomic E-state index is 12.1. The SMILES string of the molecule is CSC1CCCCC1NC(=O)c1c[nH]ccc1=O. The molecule has 2 rings (SSSR count). The highest BCUT2D eigenvalue weighted by Gasteiger charge is 2.26. The van der Waals surface area contributed by atoms with Crippen LogP contribution in [0.25, 0.3) is 0 Å². The summed E-state index contributed by atoms with van der Waals surface area (Å²) in [4.78, 5) is 26.4. The molecule has 1 saturated carbocycles. The van der Waals surface area contributed by atoms with Crippen LogP contribution in [-0.4, -0.2) is 28.4 Å². The minimum Gasteiger partial charge on any atom is -0.367 e. The highest BCUT2D eigenvalue weighted by molar-refractivity contribution is 7.99. The third kappa shape index (κ3) is 2.96. The Morgan fingerprint density at radius 1 is 1.44 bits per heavy atom. The topological polar surface area (TPSA) is 62.0 Å². The lowest BCUT2D eigenvalue weighted by molar-refractivity contribution is 0.0928. The Kier molecular flexibility index (Phi) is 4.47. The number of aromatic amines is 1. The molecule has 1 aliphatic carbocycles. The molecule has 0 aliphatic heterocycles. The number of aromatic nitrogens is 1. The summed E-state index contributed by atoms with van der Waals surface area (Å²) in [5.41, 5.74) is -0.0364. The Hall–Kier alpha value is -1.23. The van der Waals surface area contributed by atoms with E-state index in [4.69, 9.17) is 0 Å². The van der Waals surface area contributed by atoms with Gasteiger partial charge in [0.1, 0.15) is 5.56 Å². The quantitative estimate of drug-likeness (QED) is 0.876. The number of thioether (sulfide) groups is 1. The van der Waals surface area contributed by atoms with E-state index in [0.717, 1.165) is 19.3 Å². The minimum atomic E-state index is -0.261. The van der Waals surface area contributed by atoms with E-state index >= 15 is 0 Å². The van der Waals surface area contributed by atoms with Crippen molar-refractivity contribution in [2.45, 2.75) is 37.0 Å². The third-order valence-electron chi connectivity index (χ3n) is 3.39. The first-order chi connectivity index (χ1) is 8.72. The van der Waals surface area contributed by atoms with E-state index in [1.807, 2.05) is 0 Å². The van der Waals surface area contributed by atoms with Gasteiger partial charge >= 0.3 is 0 Å². The van der Waals surface area contributed by atoms with Gasteiger partial charge in [0.2, 0.25) is 0 Å². The van der Waals surface area contributed by atoms with Gasteiger partial charge < -0.3 is 10.3 Å². The number of amides is 1. The van der Waals surface area contributed by atoms with Gasteiger partial charge in [-0.1, -0.05) is 12.8 Å². The molecule has 1 amide bonds. The van der Waals surface area contributed by atoms with Crippen molar-refractivity contribution in [2.24, 2.45) is 0 Å². The molecular formula is C13H18N2O2S. The molecule has 18 heavy (non-hydrogen) atoms. The van der Waals surface area contributed by atoms with Gasteiger partial charge in [0.15, 0.2) is 5.43 Å². The first-order valence-electron chi connectivity index (χ1n) is 6.23. The Morgan fingerprint density at radius 3 is 2.94 bits per heavy atom. The minimum absolute atomic E-state index is 0.181. The molecule has 2 atom stereocenters. The lowest BCUT2D eigenvalue weighted by Crippen LogP contribution is -2.44. The zero-order valence-corrected chi connectivity index (χ0v) is 11.3. The van der Waals surface area contributed by atoms with Gasteiger partial charge in [-0.15, -0.1) is 0 Å². The fourth-order valence-electron chi connectivity index (χ4n) is 2.38. The van der Waals surface area contributed by atoms with Crippen LogP contribution >= 0.6 is 11.8 Å². The van der Waals surface area contributed by atoms with Crippen LogP contribution in [-0.2, 0) is 0 Å². The highest BCUT2D eigenvalue weighted by atomic mass is 32.2. The molecule has 2 N–H and O–H groups in total. The van der Waals surface area contributed by atoms with E-state index < -0.39 is 0 Å². The van der Waals surface area contributed by atoms with Gasteiger partial charge in [-0.25, -0.2) is 0 Å². The lowest BCUT2D eigenvalue weighted by atomic mass is 9.94. The molecule has 4 nitrogen and oxygen atoms in total. The summed E-state index contributed by atoms with van der Waals surface area (Å²) in [5, 5.41) is 3.46. The van der Waals surface area contributed by atoms with Crippen LogP contribution in [0.3, 0.4) is 0 Å². The van der Waals surface area contributed by atoms with E-state index in [9.17, 15) is 9.59 Å². The molecule has 1 aromatic heterocycles. The van der Waals surface area contributed by atoms with Crippen molar-refractivity contribution in [3.63, 3.8) is 0 Å². The number of hydrogen-bond acceptors (Lipinski definition) is 3. The van der Waals surface area contributed by atoms with Gasteiger partial charge in [-0.3, -0.25) is 9.59 Å². The monoisotopic (exact) mass is 266 g/mol. The first-order valence-corrected chi connectivity index (χ1v) is 7.52. The third-order valence-corrected chi connectivity index (χ3v) is 4.56. The number of hydrogen-bond donors (Lipinski definition) is 2. The van der Waals surface area contributed by atoms with E-state index in [1.54, 1.807) is 11.8 Å². The van der Waals surface area contributed by atoms with E-state index in [-0.39, 0.29) is 22.9 Å². The normalized spacial score (nSPS) is 23.6. The van der Waals surface area contributed by atoms with Gasteiger partial charge in [0.05, 0.1) is 0 Å². The smallest absolute Gasteiger partial charge is 0.256 e. The molecule has 2 unspecified atom stereocenters. The Labute approximate surface area is 111 Å². The van der Waals surface area contributed by atoms with Crippen LogP contribution in [0.4, 0.5) is 0 Å². The lowest BCUT2D eigenvalue weighted by Gasteiger charge is -2.30. The second-order valence-corrected chi connectivity index (χ2v) is 5.64. The Morgan fingerprint density at radius 2 is 2.22 bits per heavy atom. The molecule has 1 heterocycles. The fraction of sp³-hybridized carbons (Fsp3) is 0.538. The molecule has 1 fully saturated rings. The predicted octanol–water partition coefficient (Wildman–Crippen LogP) is 1.78. The summed E-state index contributed by atoms with van der Waals surface area (Å²) in [6.07, 6.45) is 9.58. The maximum absolute atomic E-state index is 12.1. The molecule has 0 aromatic carbocycles. The average Bonchev–Trinajstić information content (AvgIpc) is 2.39. The molecule has 0 bridgehead atoms. The van der Waals surface area contributed by atoms with Crippen LogP contribution in [0.1, 0.15) is 36.0 Å². The number of rotatable bonds is 3. The largest absolute Gasteiger partial charge is 0.367 e. The van der Waals surface area contributed by atoms with Crippen molar-refractivity contribution in [3.05, 3.63) is 34.2 Å². The number of H-pyrrole nitrogens is 1. The summed E-state index contributed by atoms with van der Waals surface area (Å²) < 4.78 is 0. The number of carbonyl (C=O) groups is 1. The summed E-state index contributed by atoms with van der Waals surface area (Å²) in [6, 6.07) is 1.56. The standard InChI is InChI=1S/C13H18N2O2S/c1-18-12-5-3-2-4-10(12)15-13(17)9-8-14-7-6-11(9)16/h6-8,10,12H,2-5H2,1H3,(H,14,16)(H,15,17). The maximum Gasteiger partial charge on any atom is 0.256 e. The van der Waals surface area contributed by atoms with Crippen LogP contribution in [0, 0.1) is 0 Å². The summed E-state index contributed by atoms with van der Waals surface area (Å²) in [5.74, 6) is -0.261. The number of nitrogens with one attached hydrogen (secondary N) is 2. The van der Waals surface area contributed by atoms with Crippen LogP contribution < -0.4 is 10.7 Å². The zero-order valence-electron chi connectivity index (χ0n) is 10.4. The summed E-state index contributed by atoms with van der Waals surface area (Å²) >= 11 is 1.79. The fourth-order valence-corrected chi connectivity index (χ4v) is 3.32. The van der Waals surface area contributed by atoms with Crippen molar-refractivity contribution in [2.75, 3.05) is 6.26 Å². The molecule has 1 aliphatic rings. The summed E-state index contributed by atoms with van der Waals surface area (Å²) in [6.45, 7) is 0. The second-order valence-electron chi connectivity index (χ2n) is 4.56. The van der Waals surface area contributed by atoms with Crippen LogP contribution in [0.2, 0.25) is 0 Å². The van der Waals surface area contributed by atoms with Gasteiger partial charge in [-0.2, -0.15) is 11.8 Å². The van der Waals surface area contributed by atoms with Crippen molar-refractivity contribution in [1.29, 1.82) is 0 Å². The second kappa shape index (κ2) is 6.09. The highest BCUT2D eigenvalue weighted by Crippen LogP contribution is 2.27. The molecule has 0 radical (unpaired) electrons. The molecule has 1 aromatic rings. The molecular weight excluding hydrogens is 248 g/mol. The van der Waals surface area contributed by atoms with Crippen molar-refractivity contribution < 1.29 is 4.79 Å². The molecule has 5 heteroatoms. The zero-order chi connectivity index (χ0) is 13.0. The van der Waals surface area contributed by atoms with Gasteiger partial charge in [0, 0.05) is 29.8 Å². The number of carbonyl (C=O) groups excluding carboxylic acids is 1. The van der Waals surface area contributed by atoms with Gasteiger partial charge in [-0.05, 0) is 19.1 Å². The predicted molar refractivity (Wildman–Crippen MR) is 74.1 cm³/mol. The average molecular weight is 266 g/mol. The van der Waals surface area contributed by atoms with Crippen LogP contribution in [0.5, 0.6) is 0 Å².